The van der Waals surface area contributed by atoms with E-state index >= 15 is 0 Å². The first-order valence-electron chi connectivity index (χ1n) is 5.54. The minimum absolute atomic E-state index is 0.157. The van der Waals surface area contributed by atoms with Gasteiger partial charge in [-0.15, -0.1) is 0 Å². The maximum absolute atomic E-state index is 11.7. The molecule has 0 N–H and O–H groups in total. The maximum atomic E-state index is 11.7. The van der Waals surface area contributed by atoms with Crippen molar-refractivity contribution in [3.05, 3.63) is 34.9 Å². The summed E-state index contributed by atoms with van der Waals surface area (Å²) in [5.41, 5.74) is 3.35. The first-order chi connectivity index (χ1) is 7.20. The van der Waals surface area contributed by atoms with Gasteiger partial charge in [-0.05, 0) is 30.5 Å². The normalized spacial score (nSPS) is 14.1. The van der Waals surface area contributed by atoms with E-state index in [0.29, 0.717) is 0 Å². The van der Waals surface area contributed by atoms with Crippen LogP contribution in [0.3, 0.4) is 0 Å². The van der Waals surface area contributed by atoms with Crippen LogP contribution in [0, 0.1) is 6.92 Å². The van der Waals surface area contributed by atoms with Gasteiger partial charge in [0, 0.05) is 19.2 Å². The van der Waals surface area contributed by atoms with Crippen molar-refractivity contribution in [2.45, 2.75) is 27.2 Å². The fourth-order valence-electron chi connectivity index (χ4n) is 1.82. The summed E-state index contributed by atoms with van der Waals surface area (Å²) in [6, 6.07) is 5.93. The lowest BCUT2D eigenvalue weighted by Gasteiger charge is -2.25. The molecule has 0 aromatic heterocycles. The van der Waals surface area contributed by atoms with Crippen LogP contribution in [0.2, 0.25) is 0 Å². The minimum Gasteiger partial charge on any atom is -0.341 e. The number of carbonyl (C=O) groups is 1. The number of fused-ring (bicyclic) bond motifs is 1. The SMILES string of the molecule is CC.Cc1cccc2c1CCN(C)C2=O. The lowest BCUT2D eigenvalue weighted by Crippen LogP contribution is -2.34. The lowest BCUT2D eigenvalue weighted by atomic mass is 9.95. The number of benzene rings is 1. The van der Waals surface area contributed by atoms with Gasteiger partial charge in [-0.1, -0.05) is 26.0 Å². The van der Waals surface area contributed by atoms with Crippen LogP contribution in [0.25, 0.3) is 0 Å². The van der Waals surface area contributed by atoms with Crippen molar-refractivity contribution in [1.29, 1.82) is 0 Å². The van der Waals surface area contributed by atoms with Gasteiger partial charge >= 0.3 is 0 Å². The van der Waals surface area contributed by atoms with E-state index in [2.05, 4.69) is 13.0 Å². The van der Waals surface area contributed by atoms with Crippen LogP contribution in [0.1, 0.15) is 35.3 Å². The van der Waals surface area contributed by atoms with Crippen molar-refractivity contribution in [2.75, 3.05) is 13.6 Å². The second-order valence-corrected chi connectivity index (χ2v) is 3.58. The molecule has 1 aliphatic heterocycles. The second-order valence-electron chi connectivity index (χ2n) is 3.58. The summed E-state index contributed by atoms with van der Waals surface area (Å²) >= 11 is 0. The van der Waals surface area contributed by atoms with Gasteiger partial charge in [-0.2, -0.15) is 0 Å². The van der Waals surface area contributed by atoms with E-state index in [1.165, 1.54) is 11.1 Å². The lowest BCUT2D eigenvalue weighted by molar-refractivity contribution is 0.0780. The molecule has 1 amide bonds. The van der Waals surface area contributed by atoms with E-state index < -0.39 is 0 Å². The zero-order valence-corrected chi connectivity index (χ0v) is 10.0. The van der Waals surface area contributed by atoms with Crippen LogP contribution < -0.4 is 0 Å². The Morgan fingerprint density at radius 3 is 2.60 bits per heavy atom. The van der Waals surface area contributed by atoms with Gasteiger partial charge in [0.15, 0.2) is 0 Å². The summed E-state index contributed by atoms with van der Waals surface area (Å²) in [5.74, 6) is 0.157. The third-order valence-corrected chi connectivity index (χ3v) is 2.68. The van der Waals surface area contributed by atoms with Gasteiger partial charge in [0.25, 0.3) is 5.91 Å². The summed E-state index contributed by atoms with van der Waals surface area (Å²) in [7, 11) is 1.85. The third kappa shape index (κ3) is 2.20. The Kier molecular flexibility index (Phi) is 3.89. The fraction of sp³-hybridized carbons (Fsp3) is 0.462. The Morgan fingerprint density at radius 2 is 1.93 bits per heavy atom. The van der Waals surface area contributed by atoms with E-state index in [9.17, 15) is 4.79 Å². The molecule has 1 aliphatic rings. The zero-order valence-electron chi connectivity index (χ0n) is 10.0. The predicted molar refractivity (Wildman–Crippen MR) is 63.2 cm³/mol. The molecule has 1 aromatic carbocycles. The Balaban J connectivity index is 0.000000531. The van der Waals surface area contributed by atoms with Crippen LogP contribution in [-0.2, 0) is 6.42 Å². The molecule has 0 spiro atoms. The number of hydrogen-bond donors (Lipinski definition) is 0. The molecule has 0 bridgehead atoms. The first-order valence-corrected chi connectivity index (χ1v) is 5.54. The Morgan fingerprint density at radius 1 is 1.27 bits per heavy atom. The topological polar surface area (TPSA) is 20.3 Å². The van der Waals surface area contributed by atoms with E-state index in [0.717, 1.165) is 18.5 Å². The van der Waals surface area contributed by atoms with Crippen LogP contribution >= 0.6 is 0 Å². The highest BCUT2D eigenvalue weighted by molar-refractivity contribution is 5.96. The van der Waals surface area contributed by atoms with Crippen molar-refractivity contribution in [2.24, 2.45) is 0 Å². The summed E-state index contributed by atoms with van der Waals surface area (Å²) in [4.78, 5) is 13.5. The minimum atomic E-state index is 0.157. The molecule has 2 heteroatoms. The molecule has 15 heavy (non-hydrogen) atoms. The summed E-state index contributed by atoms with van der Waals surface area (Å²) in [6.07, 6.45) is 0.990. The van der Waals surface area contributed by atoms with E-state index in [-0.39, 0.29) is 5.91 Å². The monoisotopic (exact) mass is 205 g/mol. The molecule has 0 saturated carbocycles. The number of nitrogens with zero attached hydrogens (tertiary/aromatic N) is 1. The quantitative estimate of drug-likeness (QED) is 0.637. The van der Waals surface area contributed by atoms with Gasteiger partial charge in [0.2, 0.25) is 0 Å². The van der Waals surface area contributed by atoms with Crippen molar-refractivity contribution in [3.8, 4) is 0 Å². The van der Waals surface area contributed by atoms with E-state index in [1.807, 2.05) is 33.0 Å². The number of hydrogen-bond acceptors (Lipinski definition) is 1. The second kappa shape index (κ2) is 4.96. The molecule has 1 heterocycles. The number of amides is 1. The molecule has 2 rings (SSSR count). The molecule has 1 aromatic rings. The molecule has 0 saturated heterocycles. The van der Waals surface area contributed by atoms with E-state index in [1.54, 1.807) is 4.90 Å². The van der Waals surface area contributed by atoms with Gasteiger partial charge in [-0.3, -0.25) is 4.79 Å². The Labute approximate surface area is 91.9 Å². The highest BCUT2D eigenvalue weighted by atomic mass is 16.2. The number of rotatable bonds is 0. The van der Waals surface area contributed by atoms with Crippen molar-refractivity contribution >= 4 is 5.91 Å². The summed E-state index contributed by atoms with van der Waals surface area (Å²) in [6.45, 7) is 6.91. The Hall–Kier alpha value is -1.31. The number of likely N-dealkylation sites (N-methyl/N-ethyl adjacent to an activating group) is 1. The molecular weight excluding hydrogens is 186 g/mol. The van der Waals surface area contributed by atoms with Crippen LogP contribution in [0.5, 0.6) is 0 Å². The number of aryl methyl sites for hydroxylation is 1. The molecule has 82 valence electrons. The largest absolute Gasteiger partial charge is 0.341 e. The maximum Gasteiger partial charge on any atom is 0.253 e. The Bertz CT molecular complexity index is 358. The predicted octanol–water partition coefficient (Wildman–Crippen LogP) is 2.65. The van der Waals surface area contributed by atoms with Crippen LogP contribution in [0.4, 0.5) is 0 Å². The molecular formula is C13H19NO. The third-order valence-electron chi connectivity index (χ3n) is 2.68. The van der Waals surface area contributed by atoms with Crippen molar-refractivity contribution in [1.82, 2.24) is 4.90 Å². The highest BCUT2D eigenvalue weighted by Crippen LogP contribution is 2.20. The van der Waals surface area contributed by atoms with Crippen LogP contribution in [0.15, 0.2) is 18.2 Å². The zero-order chi connectivity index (χ0) is 11.4. The van der Waals surface area contributed by atoms with Crippen LogP contribution in [-0.4, -0.2) is 24.4 Å². The molecule has 0 unspecified atom stereocenters. The molecule has 2 nitrogen and oxygen atoms in total. The molecule has 0 radical (unpaired) electrons. The standard InChI is InChI=1S/C11H13NO.C2H6/c1-8-4-3-5-10-9(8)6-7-12(2)11(10)13;1-2/h3-5H,6-7H2,1-2H3;1-2H3. The smallest absolute Gasteiger partial charge is 0.253 e. The first kappa shape index (κ1) is 11.8. The average Bonchev–Trinajstić information content (AvgIpc) is 2.27. The van der Waals surface area contributed by atoms with Gasteiger partial charge < -0.3 is 4.90 Å². The van der Waals surface area contributed by atoms with E-state index in [4.69, 9.17) is 0 Å². The fourth-order valence-corrected chi connectivity index (χ4v) is 1.82. The van der Waals surface area contributed by atoms with Crippen molar-refractivity contribution < 1.29 is 4.79 Å². The molecule has 0 fully saturated rings. The molecule has 0 atom stereocenters. The summed E-state index contributed by atoms with van der Waals surface area (Å²) in [5, 5.41) is 0. The highest BCUT2D eigenvalue weighted by Gasteiger charge is 2.21. The van der Waals surface area contributed by atoms with Crippen molar-refractivity contribution in [3.63, 3.8) is 0 Å². The van der Waals surface area contributed by atoms with Gasteiger partial charge in [0.1, 0.15) is 0 Å². The molecule has 0 aliphatic carbocycles. The van der Waals surface area contributed by atoms with Gasteiger partial charge in [-0.25, -0.2) is 0 Å². The van der Waals surface area contributed by atoms with Gasteiger partial charge in [0.05, 0.1) is 0 Å². The summed E-state index contributed by atoms with van der Waals surface area (Å²) < 4.78 is 0. The number of carbonyl (C=O) groups excluding carboxylic acids is 1. The average molecular weight is 205 g/mol.